The average Bonchev–Trinajstić information content (AvgIpc) is 2.50. The third-order valence-electron chi connectivity index (χ3n) is 3.67. The summed E-state index contributed by atoms with van der Waals surface area (Å²) in [4.78, 5) is 13.9. The molecule has 0 spiro atoms. The topological polar surface area (TPSA) is 98.5 Å². The minimum absolute atomic E-state index is 0. The van der Waals surface area contributed by atoms with E-state index < -0.39 is 5.66 Å². The summed E-state index contributed by atoms with van der Waals surface area (Å²) >= 11 is 0. The fourth-order valence-electron chi connectivity index (χ4n) is 2.58. The molecule has 4 N–H and O–H groups in total. The molecule has 26 heavy (non-hydrogen) atoms. The molecule has 0 atom stereocenters. The second kappa shape index (κ2) is 9.59. The van der Waals surface area contributed by atoms with E-state index >= 15 is 0 Å². The molecule has 0 aliphatic carbocycles. The van der Waals surface area contributed by atoms with Crippen molar-refractivity contribution in [2.45, 2.75) is 39.3 Å². The highest BCUT2D eigenvalue weighted by Gasteiger charge is 2.32. The number of nitrogens with zero attached hydrogens (tertiary/aromatic N) is 3. The predicted octanol–water partition coefficient (Wildman–Crippen LogP) is 2.68. The van der Waals surface area contributed by atoms with E-state index in [4.69, 9.17) is 21.0 Å². The number of rotatable bonds is 8. The first-order valence-corrected chi connectivity index (χ1v) is 8.29. The summed E-state index contributed by atoms with van der Waals surface area (Å²) in [6.45, 7) is 10.5. The Hall–Kier alpha value is -2.06. The predicted molar refractivity (Wildman–Crippen MR) is 111 cm³/mol. The molecule has 1 heterocycles. The van der Waals surface area contributed by atoms with Crippen LogP contribution in [0, 0.1) is 6.92 Å². The molecule has 0 amide bonds. The van der Waals surface area contributed by atoms with Crippen molar-refractivity contribution >= 4 is 28.9 Å². The molecule has 1 aromatic carbocycles. The number of ether oxygens (including phenoxy) is 1. The van der Waals surface area contributed by atoms with Gasteiger partial charge in [0.25, 0.3) is 0 Å². The van der Waals surface area contributed by atoms with E-state index in [1.165, 1.54) is 10.6 Å². The number of nitrogens with two attached hydrogens (primary N) is 2. The zero-order chi connectivity index (χ0) is 18.4. The molecule has 0 aromatic heterocycles. The summed E-state index contributed by atoms with van der Waals surface area (Å²) in [6.07, 6.45) is 3.35. The highest BCUT2D eigenvalue weighted by atomic mass is 79.9. The minimum atomic E-state index is -0.690. The van der Waals surface area contributed by atoms with Crippen LogP contribution >= 0.6 is 17.0 Å². The molecule has 2 rings (SSSR count). The van der Waals surface area contributed by atoms with Crippen LogP contribution in [0.2, 0.25) is 0 Å². The Kier molecular flexibility index (Phi) is 8.10. The Balaban J connectivity index is 0.00000338. The van der Waals surface area contributed by atoms with E-state index in [0.717, 1.165) is 17.7 Å². The smallest absolute Gasteiger partial charge is 0.226 e. The third kappa shape index (κ3) is 5.74. The maximum absolute atomic E-state index is 5.87. The van der Waals surface area contributed by atoms with E-state index in [1.807, 2.05) is 32.1 Å². The molecule has 0 bridgehead atoms. The summed E-state index contributed by atoms with van der Waals surface area (Å²) in [7, 11) is 0. The molecule has 0 radical (unpaired) electrons. The van der Waals surface area contributed by atoms with Gasteiger partial charge in [-0.15, -0.1) is 23.6 Å². The van der Waals surface area contributed by atoms with Gasteiger partial charge in [-0.2, -0.15) is 10.1 Å². The van der Waals surface area contributed by atoms with Gasteiger partial charge in [0.15, 0.2) is 5.66 Å². The van der Waals surface area contributed by atoms with Crippen LogP contribution in [0.3, 0.4) is 0 Å². The van der Waals surface area contributed by atoms with Crippen molar-refractivity contribution in [2.75, 3.05) is 13.2 Å². The first-order chi connectivity index (χ1) is 11.8. The highest BCUT2D eigenvalue weighted by Crippen LogP contribution is 2.22. The lowest BCUT2D eigenvalue weighted by Gasteiger charge is -2.36. The van der Waals surface area contributed by atoms with Gasteiger partial charge in [0.2, 0.25) is 11.9 Å². The van der Waals surface area contributed by atoms with Crippen LogP contribution in [0.4, 0.5) is 0 Å². The second-order valence-electron chi connectivity index (χ2n) is 6.37. The zero-order valence-corrected chi connectivity index (χ0v) is 17.3. The summed E-state index contributed by atoms with van der Waals surface area (Å²) in [5, 5.41) is 1.47. The van der Waals surface area contributed by atoms with Gasteiger partial charge in [0, 0.05) is 6.42 Å². The largest absolute Gasteiger partial charge is 0.493 e. The van der Waals surface area contributed by atoms with Crippen molar-refractivity contribution in [3.05, 3.63) is 42.0 Å². The number of aliphatic imine (C=N–C) groups is 2. The van der Waals surface area contributed by atoms with Crippen molar-refractivity contribution in [2.24, 2.45) is 21.5 Å². The lowest BCUT2D eigenvalue weighted by atomic mass is 10.1. The summed E-state index contributed by atoms with van der Waals surface area (Å²) in [5.41, 5.74) is 13.1. The standard InChI is InChI=1S/C18H27N5O2.BrH/c1-5-7-14-12-13(2)8-9-15(14)24-10-6-11-25-23-17(20)21-16(19)22-18(23,3)4;/h5,8-9,12H,1,6-7,10-11H2,2-4H3,(H4,19,20,21,22);1H. The number of halogens is 1. The van der Waals surface area contributed by atoms with Gasteiger partial charge in [-0.05, 0) is 38.8 Å². The molecule has 0 unspecified atom stereocenters. The third-order valence-corrected chi connectivity index (χ3v) is 3.67. The molecule has 8 heteroatoms. The Bertz CT molecular complexity index is 688. The number of aryl methyl sites for hydroxylation is 1. The fraction of sp³-hybridized carbons (Fsp3) is 0.444. The molecule has 0 saturated carbocycles. The Morgan fingerprint density at radius 1 is 1.27 bits per heavy atom. The minimum Gasteiger partial charge on any atom is -0.493 e. The quantitative estimate of drug-likeness (QED) is 0.492. The van der Waals surface area contributed by atoms with Crippen LogP contribution in [-0.2, 0) is 11.3 Å². The molecule has 7 nitrogen and oxygen atoms in total. The van der Waals surface area contributed by atoms with E-state index in [-0.39, 0.29) is 28.9 Å². The Morgan fingerprint density at radius 3 is 2.65 bits per heavy atom. The maximum Gasteiger partial charge on any atom is 0.226 e. The molecule has 0 saturated heterocycles. The van der Waals surface area contributed by atoms with Gasteiger partial charge < -0.3 is 16.2 Å². The van der Waals surface area contributed by atoms with Gasteiger partial charge in [0.05, 0.1) is 13.2 Å². The number of allylic oxidation sites excluding steroid dienone is 1. The van der Waals surface area contributed by atoms with Gasteiger partial charge in [-0.3, -0.25) is 4.84 Å². The summed E-state index contributed by atoms with van der Waals surface area (Å²) in [6, 6.07) is 6.14. The van der Waals surface area contributed by atoms with Crippen molar-refractivity contribution in [1.82, 2.24) is 5.06 Å². The molecule has 1 aliphatic heterocycles. The molecule has 1 aromatic rings. The second-order valence-corrected chi connectivity index (χ2v) is 6.37. The van der Waals surface area contributed by atoms with Gasteiger partial charge in [-0.25, -0.2) is 4.99 Å². The van der Waals surface area contributed by atoms with Gasteiger partial charge in [-0.1, -0.05) is 23.8 Å². The summed E-state index contributed by atoms with van der Waals surface area (Å²) < 4.78 is 5.87. The van der Waals surface area contributed by atoms with Crippen LogP contribution in [0.1, 0.15) is 31.4 Å². The number of hydrogen-bond acceptors (Lipinski definition) is 7. The van der Waals surface area contributed by atoms with E-state index in [0.29, 0.717) is 19.6 Å². The number of guanidine groups is 2. The Labute approximate surface area is 165 Å². The summed E-state index contributed by atoms with van der Waals surface area (Å²) in [5.74, 6) is 1.23. The molecule has 1 aliphatic rings. The first-order valence-electron chi connectivity index (χ1n) is 8.29. The van der Waals surface area contributed by atoms with E-state index in [9.17, 15) is 0 Å². The molecular weight excluding hydrogens is 398 g/mol. The molecular formula is C18H28BrN5O2. The molecule has 144 valence electrons. The van der Waals surface area contributed by atoms with Crippen LogP contribution in [0.15, 0.2) is 40.8 Å². The van der Waals surface area contributed by atoms with Crippen molar-refractivity contribution in [1.29, 1.82) is 0 Å². The van der Waals surface area contributed by atoms with E-state index in [1.54, 1.807) is 0 Å². The lowest BCUT2D eigenvalue weighted by molar-refractivity contribution is -0.158. The first kappa shape index (κ1) is 22.0. The fourth-order valence-corrected chi connectivity index (χ4v) is 2.58. The normalized spacial score (nSPS) is 15.6. The van der Waals surface area contributed by atoms with Crippen molar-refractivity contribution in [3.63, 3.8) is 0 Å². The molecule has 0 fully saturated rings. The average molecular weight is 426 g/mol. The van der Waals surface area contributed by atoms with E-state index in [2.05, 4.69) is 29.6 Å². The number of benzene rings is 1. The van der Waals surface area contributed by atoms with Crippen LogP contribution in [0.5, 0.6) is 5.75 Å². The maximum atomic E-state index is 5.87. The van der Waals surface area contributed by atoms with Crippen molar-refractivity contribution in [3.8, 4) is 5.75 Å². The SMILES string of the molecule is Br.C=CCc1cc(C)ccc1OCCCON1C(N)=NC(N)=NC1(C)C. The monoisotopic (exact) mass is 425 g/mol. The Morgan fingerprint density at radius 2 is 2.00 bits per heavy atom. The van der Waals surface area contributed by atoms with Crippen LogP contribution in [-0.4, -0.2) is 35.9 Å². The zero-order valence-electron chi connectivity index (χ0n) is 15.6. The van der Waals surface area contributed by atoms with Crippen LogP contribution < -0.4 is 16.2 Å². The highest BCUT2D eigenvalue weighted by molar-refractivity contribution is 8.93. The number of hydroxylamine groups is 2. The van der Waals surface area contributed by atoms with Gasteiger partial charge >= 0.3 is 0 Å². The van der Waals surface area contributed by atoms with Crippen molar-refractivity contribution < 1.29 is 9.57 Å². The van der Waals surface area contributed by atoms with Crippen LogP contribution in [0.25, 0.3) is 0 Å². The number of hydrogen-bond donors (Lipinski definition) is 2. The van der Waals surface area contributed by atoms with Gasteiger partial charge in [0.1, 0.15) is 5.75 Å². The lowest BCUT2D eigenvalue weighted by Crippen LogP contribution is -2.53.